The van der Waals surface area contributed by atoms with Crippen LogP contribution in [0.5, 0.6) is 0 Å². The quantitative estimate of drug-likeness (QED) is 0.643. The Bertz CT molecular complexity index is 906. The highest BCUT2D eigenvalue weighted by atomic mass is 35.5. The number of hydrogen-bond donors (Lipinski definition) is 1. The first-order chi connectivity index (χ1) is 11.5. The maximum absolute atomic E-state index is 12.3. The van der Waals surface area contributed by atoms with Gasteiger partial charge in [0.1, 0.15) is 5.76 Å². The third-order valence-electron chi connectivity index (χ3n) is 3.57. The van der Waals surface area contributed by atoms with E-state index in [4.69, 9.17) is 16.0 Å². The predicted octanol–water partition coefficient (Wildman–Crippen LogP) is 5.09. The minimum absolute atomic E-state index is 0.00710. The topological polar surface area (TPSA) is 67.5 Å². The largest absolute Gasteiger partial charge is 0.478 e. The maximum atomic E-state index is 12.3. The second-order valence-electron chi connectivity index (χ2n) is 5.27. The van der Waals surface area contributed by atoms with Crippen LogP contribution in [0.2, 0.25) is 5.02 Å². The highest BCUT2D eigenvalue weighted by Crippen LogP contribution is 2.33. The van der Waals surface area contributed by atoms with E-state index in [0.29, 0.717) is 21.2 Å². The molecular formula is C18H13ClO4S. The number of thiophene rings is 1. The van der Waals surface area contributed by atoms with Gasteiger partial charge in [0, 0.05) is 21.9 Å². The Hall–Kier alpha value is -2.37. The van der Waals surface area contributed by atoms with E-state index in [1.165, 1.54) is 11.3 Å². The van der Waals surface area contributed by atoms with Crippen molar-refractivity contribution in [1.29, 1.82) is 0 Å². The van der Waals surface area contributed by atoms with Crippen molar-refractivity contribution in [2.45, 2.75) is 13.3 Å². The fourth-order valence-electron chi connectivity index (χ4n) is 2.42. The molecule has 6 heteroatoms. The van der Waals surface area contributed by atoms with Crippen LogP contribution in [0.1, 0.15) is 31.6 Å². The lowest BCUT2D eigenvalue weighted by molar-refractivity contribution is 0.0697. The lowest BCUT2D eigenvalue weighted by Gasteiger charge is -2.03. The van der Waals surface area contributed by atoms with E-state index in [9.17, 15) is 14.7 Å². The molecule has 1 aromatic carbocycles. The normalized spacial score (nSPS) is 10.8. The van der Waals surface area contributed by atoms with Gasteiger partial charge in [-0.1, -0.05) is 23.7 Å². The smallest absolute Gasteiger partial charge is 0.337 e. The van der Waals surface area contributed by atoms with Gasteiger partial charge in [-0.05, 0) is 42.1 Å². The minimum atomic E-state index is -1.06. The molecule has 1 N–H and O–H groups in total. The fourth-order valence-corrected chi connectivity index (χ4v) is 3.59. The number of carboxylic acid groups (broad SMARTS) is 1. The number of aromatic carboxylic acids is 1. The van der Waals surface area contributed by atoms with Crippen LogP contribution >= 0.6 is 22.9 Å². The number of hydrogen-bond acceptors (Lipinski definition) is 4. The molecule has 0 spiro atoms. The summed E-state index contributed by atoms with van der Waals surface area (Å²) >= 11 is 7.13. The standard InChI is InChI=1S/C18H13ClO4S/c1-10-2-7-15(23-10)14(20)8-16-17(18(21)22)13(9-24-16)11-3-5-12(19)6-4-11/h2-7,9H,8H2,1H3,(H,21,22). The Labute approximate surface area is 147 Å². The molecule has 0 saturated carbocycles. The molecule has 3 rings (SSSR count). The van der Waals surface area contributed by atoms with Crippen molar-refractivity contribution in [3.8, 4) is 11.1 Å². The third-order valence-corrected chi connectivity index (χ3v) is 4.81. The van der Waals surface area contributed by atoms with Gasteiger partial charge in [0.05, 0.1) is 5.56 Å². The summed E-state index contributed by atoms with van der Waals surface area (Å²) in [5, 5.41) is 11.9. The van der Waals surface area contributed by atoms with E-state index in [1.807, 2.05) is 0 Å². The van der Waals surface area contributed by atoms with Gasteiger partial charge in [-0.25, -0.2) is 4.79 Å². The second kappa shape index (κ2) is 6.63. The van der Waals surface area contributed by atoms with Crippen LogP contribution in [0.15, 0.2) is 46.2 Å². The van der Waals surface area contributed by atoms with E-state index in [1.54, 1.807) is 48.7 Å². The maximum Gasteiger partial charge on any atom is 0.337 e. The number of carbonyl (C=O) groups is 2. The molecule has 4 nitrogen and oxygen atoms in total. The lowest BCUT2D eigenvalue weighted by Crippen LogP contribution is -2.06. The molecule has 2 aromatic heterocycles. The van der Waals surface area contributed by atoms with Crippen molar-refractivity contribution in [1.82, 2.24) is 0 Å². The molecule has 24 heavy (non-hydrogen) atoms. The molecule has 0 unspecified atom stereocenters. The molecule has 2 heterocycles. The molecule has 0 bridgehead atoms. The van der Waals surface area contributed by atoms with Crippen LogP contribution in [0, 0.1) is 6.92 Å². The first kappa shape index (κ1) is 16.5. The van der Waals surface area contributed by atoms with Crippen molar-refractivity contribution >= 4 is 34.7 Å². The van der Waals surface area contributed by atoms with Gasteiger partial charge < -0.3 is 9.52 Å². The monoisotopic (exact) mass is 360 g/mol. The number of aryl methyl sites for hydroxylation is 1. The number of rotatable bonds is 5. The highest BCUT2D eigenvalue weighted by molar-refractivity contribution is 7.11. The average Bonchev–Trinajstić information content (AvgIpc) is 3.14. The summed E-state index contributed by atoms with van der Waals surface area (Å²) in [5.41, 5.74) is 1.49. The lowest BCUT2D eigenvalue weighted by atomic mass is 10.0. The van der Waals surface area contributed by atoms with Gasteiger partial charge in [-0.15, -0.1) is 11.3 Å². The van der Waals surface area contributed by atoms with Crippen LogP contribution in [-0.4, -0.2) is 16.9 Å². The number of carbonyl (C=O) groups excluding carboxylic acids is 1. The minimum Gasteiger partial charge on any atom is -0.478 e. The Morgan fingerprint density at radius 1 is 1.17 bits per heavy atom. The summed E-state index contributed by atoms with van der Waals surface area (Å²) in [7, 11) is 0. The molecule has 0 atom stereocenters. The predicted molar refractivity (Wildman–Crippen MR) is 93.2 cm³/mol. The van der Waals surface area contributed by atoms with E-state index >= 15 is 0 Å². The molecular weight excluding hydrogens is 348 g/mol. The van der Waals surface area contributed by atoms with Crippen LogP contribution in [0.4, 0.5) is 0 Å². The number of carboxylic acids is 1. The van der Waals surface area contributed by atoms with E-state index in [-0.39, 0.29) is 23.5 Å². The van der Waals surface area contributed by atoms with E-state index < -0.39 is 5.97 Å². The van der Waals surface area contributed by atoms with Gasteiger partial charge in [0.25, 0.3) is 0 Å². The van der Waals surface area contributed by atoms with Gasteiger partial charge in [0.2, 0.25) is 5.78 Å². The first-order valence-electron chi connectivity index (χ1n) is 7.15. The van der Waals surface area contributed by atoms with Crippen LogP contribution in [0.25, 0.3) is 11.1 Å². The Kier molecular flexibility index (Phi) is 4.55. The zero-order chi connectivity index (χ0) is 17.3. The summed E-state index contributed by atoms with van der Waals surface area (Å²) < 4.78 is 5.32. The van der Waals surface area contributed by atoms with E-state index in [2.05, 4.69) is 0 Å². The number of halogens is 1. The van der Waals surface area contributed by atoms with E-state index in [0.717, 1.165) is 5.56 Å². The molecule has 0 saturated heterocycles. The molecule has 3 aromatic rings. The first-order valence-corrected chi connectivity index (χ1v) is 8.40. The second-order valence-corrected chi connectivity index (χ2v) is 6.67. The molecule has 0 aliphatic heterocycles. The van der Waals surface area contributed by atoms with Crippen LogP contribution in [-0.2, 0) is 6.42 Å². The SMILES string of the molecule is Cc1ccc(C(=O)Cc2scc(-c3ccc(Cl)cc3)c2C(=O)O)o1. The molecule has 0 fully saturated rings. The van der Waals surface area contributed by atoms with Gasteiger partial charge in [-0.2, -0.15) is 0 Å². The van der Waals surface area contributed by atoms with Crippen molar-refractivity contribution in [2.24, 2.45) is 0 Å². The summed E-state index contributed by atoms with van der Waals surface area (Å²) in [4.78, 5) is 24.5. The van der Waals surface area contributed by atoms with Crippen LogP contribution < -0.4 is 0 Å². The number of Topliss-reactive ketones (excluding diaryl/α,β-unsaturated/α-hetero) is 1. The zero-order valence-corrected chi connectivity index (χ0v) is 14.3. The number of ketones is 1. The fraction of sp³-hybridized carbons (Fsp3) is 0.111. The van der Waals surface area contributed by atoms with Crippen molar-refractivity contribution in [3.63, 3.8) is 0 Å². The van der Waals surface area contributed by atoms with Crippen LogP contribution in [0.3, 0.4) is 0 Å². The van der Waals surface area contributed by atoms with Crippen molar-refractivity contribution in [2.75, 3.05) is 0 Å². The van der Waals surface area contributed by atoms with Gasteiger partial charge in [0.15, 0.2) is 5.76 Å². The highest BCUT2D eigenvalue weighted by Gasteiger charge is 2.22. The Morgan fingerprint density at radius 2 is 1.88 bits per heavy atom. The van der Waals surface area contributed by atoms with Crippen molar-refractivity contribution < 1.29 is 19.1 Å². The Morgan fingerprint density at radius 3 is 2.46 bits per heavy atom. The van der Waals surface area contributed by atoms with Gasteiger partial charge >= 0.3 is 5.97 Å². The summed E-state index contributed by atoms with van der Waals surface area (Å²) in [6.45, 7) is 1.75. The third kappa shape index (κ3) is 3.27. The van der Waals surface area contributed by atoms with Crippen molar-refractivity contribution in [3.05, 3.63) is 68.8 Å². The molecule has 122 valence electrons. The summed E-state index contributed by atoms with van der Waals surface area (Å²) in [6, 6.07) is 10.2. The Balaban J connectivity index is 1.96. The summed E-state index contributed by atoms with van der Waals surface area (Å²) in [6.07, 6.45) is -0.00710. The number of benzene rings is 1. The summed E-state index contributed by atoms with van der Waals surface area (Å²) in [5.74, 6) is -0.412. The zero-order valence-electron chi connectivity index (χ0n) is 12.7. The molecule has 0 aliphatic carbocycles. The molecule has 0 amide bonds. The number of furan rings is 1. The molecule has 0 radical (unpaired) electrons. The van der Waals surface area contributed by atoms with Gasteiger partial charge in [-0.3, -0.25) is 4.79 Å². The molecule has 0 aliphatic rings. The average molecular weight is 361 g/mol.